The zero-order valence-corrected chi connectivity index (χ0v) is 12.5. The molecule has 1 aromatic carbocycles. The summed E-state index contributed by atoms with van der Waals surface area (Å²) in [4.78, 5) is -0.185. The lowest BCUT2D eigenvalue weighted by atomic mass is 10.1. The maximum atomic E-state index is 13.7. The highest BCUT2D eigenvalue weighted by Crippen LogP contribution is 2.21. The maximum absolute atomic E-state index is 13.7. The minimum absolute atomic E-state index is 0.00956. The first-order valence-electron chi connectivity index (χ1n) is 6.28. The molecule has 7 heteroatoms. The molecule has 5 nitrogen and oxygen atoms in total. The largest absolute Gasteiger partial charge is 0.465 e. The Morgan fingerprint density at radius 2 is 2.00 bits per heavy atom. The third kappa shape index (κ3) is 3.49. The van der Waals surface area contributed by atoms with Crippen molar-refractivity contribution in [3.8, 4) is 0 Å². The highest BCUT2D eigenvalue weighted by molar-refractivity contribution is 7.89. The number of sulfonamides is 1. The Bertz CT molecular complexity index is 752. The van der Waals surface area contributed by atoms with Crippen molar-refractivity contribution in [1.82, 2.24) is 4.72 Å². The van der Waals surface area contributed by atoms with Gasteiger partial charge in [0.1, 0.15) is 17.3 Å². The lowest BCUT2D eigenvalue weighted by Gasteiger charge is -2.11. The van der Waals surface area contributed by atoms with Gasteiger partial charge in [-0.2, -0.15) is 0 Å². The molecule has 1 aromatic heterocycles. The standard InChI is InChI=1S/C14H16FNO4S/c1-9-3-4-12(20-9)7-16-21(18,19)14-6-11(8-17)5-13(15)10(14)2/h3-6,16-17H,7-8H2,1-2H3. The van der Waals surface area contributed by atoms with Gasteiger partial charge in [0.05, 0.1) is 18.0 Å². The topological polar surface area (TPSA) is 79.5 Å². The molecule has 0 fully saturated rings. The van der Waals surface area contributed by atoms with Crippen LogP contribution in [-0.4, -0.2) is 13.5 Å². The van der Waals surface area contributed by atoms with E-state index in [9.17, 15) is 12.8 Å². The molecule has 0 atom stereocenters. The van der Waals surface area contributed by atoms with E-state index in [1.165, 1.54) is 13.0 Å². The molecular weight excluding hydrogens is 297 g/mol. The number of aliphatic hydroxyl groups excluding tert-OH is 1. The van der Waals surface area contributed by atoms with Crippen LogP contribution in [0.2, 0.25) is 0 Å². The number of rotatable bonds is 5. The molecule has 0 unspecified atom stereocenters. The summed E-state index contributed by atoms with van der Waals surface area (Å²) in [5.41, 5.74) is 0.211. The number of halogens is 1. The predicted octanol–water partition coefficient (Wildman–Crippen LogP) is 2.01. The fraction of sp³-hybridized carbons (Fsp3) is 0.286. The predicted molar refractivity (Wildman–Crippen MR) is 74.5 cm³/mol. The second kappa shape index (κ2) is 5.97. The monoisotopic (exact) mass is 313 g/mol. The molecule has 0 radical (unpaired) electrons. The van der Waals surface area contributed by atoms with Gasteiger partial charge in [-0.15, -0.1) is 0 Å². The molecule has 0 aliphatic carbocycles. The molecule has 0 saturated heterocycles. The second-order valence-corrected chi connectivity index (χ2v) is 6.43. The van der Waals surface area contributed by atoms with E-state index in [0.29, 0.717) is 11.5 Å². The van der Waals surface area contributed by atoms with Crippen LogP contribution in [-0.2, 0) is 23.2 Å². The summed E-state index contributed by atoms with van der Waals surface area (Å²) in [5, 5.41) is 9.06. The molecule has 21 heavy (non-hydrogen) atoms. The van der Waals surface area contributed by atoms with Gasteiger partial charge in [0, 0.05) is 5.56 Å². The number of hydrogen-bond donors (Lipinski definition) is 2. The smallest absolute Gasteiger partial charge is 0.241 e. The number of nitrogens with one attached hydrogen (secondary N) is 1. The molecule has 0 saturated carbocycles. The fourth-order valence-electron chi connectivity index (χ4n) is 1.90. The van der Waals surface area contributed by atoms with Crippen LogP contribution < -0.4 is 4.72 Å². The van der Waals surface area contributed by atoms with Crippen LogP contribution in [0, 0.1) is 19.7 Å². The van der Waals surface area contributed by atoms with E-state index in [0.717, 1.165) is 6.07 Å². The number of benzene rings is 1. The molecule has 0 spiro atoms. The normalized spacial score (nSPS) is 11.8. The van der Waals surface area contributed by atoms with Crippen molar-refractivity contribution in [2.75, 3.05) is 0 Å². The quantitative estimate of drug-likeness (QED) is 0.885. The summed E-state index contributed by atoms with van der Waals surface area (Å²) >= 11 is 0. The maximum Gasteiger partial charge on any atom is 0.241 e. The molecule has 114 valence electrons. The second-order valence-electron chi connectivity index (χ2n) is 4.70. The molecule has 0 amide bonds. The highest BCUT2D eigenvalue weighted by Gasteiger charge is 2.20. The lowest BCUT2D eigenvalue weighted by Crippen LogP contribution is -2.24. The third-order valence-electron chi connectivity index (χ3n) is 3.06. The van der Waals surface area contributed by atoms with Crippen LogP contribution >= 0.6 is 0 Å². The molecular formula is C14H16FNO4S. The van der Waals surface area contributed by atoms with Crippen molar-refractivity contribution in [2.45, 2.75) is 31.9 Å². The minimum Gasteiger partial charge on any atom is -0.465 e. The van der Waals surface area contributed by atoms with Gasteiger partial charge in [-0.3, -0.25) is 0 Å². The summed E-state index contributed by atoms with van der Waals surface area (Å²) in [7, 11) is -3.90. The van der Waals surface area contributed by atoms with Crippen LogP contribution in [0.25, 0.3) is 0 Å². The molecule has 1 heterocycles. The highest BCUT2D eigenvalue weighted by atomic mass is 32.2. The Morgan fingerprint density at radius 3 is 2.57 bits per heavy atom. The number of furan rings is 1. The van der Waals surface area contributed by atoms with E-state index < -0.39 is 22.4 Å². The Balaban J connectivity index is 2.29. The summed E-state index contributed by atoms with van der Waals surface area (Å²) in [6, 6.07) is 5.76. The van der Waals surface area contributed by atoms with E-state index in [1.54, 1.807) is 19.1 Å². The molecule has 0 bridgehead atoms. The molecule has 2 N–H and O–H groups in total. The zero-order chi connectivity index (χ0) is 15.6. The van der Waals surface area contributed by atoms with E-state index in [-0.39, 0.29) is 22.6 Å². The van der Waals surface area contributed by atoms with Gasteiger partial charge >= 0.3 is 0 Å². The number of hydrogen-bond acceptors (Lipinski definition) is 4. The minimum atomic E-state index is -3.90. The molecule has 0 aliphatic heterocycles. The zero-order valence-electron chi connectivity index (χ0n) is 11.7. The Labute approximate surface area is 122 Å². The first kappa shape index (κ1) is 15.7. The molecule has 0 aliphatic rings. The molecule has 2 rings (SSSR count). The average Bonchev–Trinajstić information content (AvgIpc) is 2.85. The van der Waals surface area contributed by atoms with Crippen molar-refractivity contribution in [2.24, 2.45) is 0 Å². The van der Waals surface area contributed by atoms with Gasteiger partial charge in [0.2, 0.25) is 10.0 Å². The van der Waals surface area contributed by atoms with E-state index in [1.807, 2.05) is 0 Å². The average molecular weight is 313 g/mol. The SMILES string of the molecule is Cc1ccc(CNS(=O)(=O)c2cc(CO)cc(F)c2C)o1. The Kier molecular flexibility index (Phi) is 4.46. The van der Waals surface area contributed by atoms with Gasteiger partial charge < -0.3 is 9.52 Å². The number of aliphatic hydroxyl groups is 1. The summed E-state index contributed by atoms with van der Waals surface area (Å²) in [6.07, 6.45) is 0. The van der Waals surface area contributed by atoms with Crippen molar-refractivity contribution in [3.63, 3.8) is 0 Å². The van der Waals surface area contributed by atoms with Crippen LogP contribution in [0.3, 0.4) is 0 Å². The number of aryl methyl sites for hydroxylation is 1. The summed E-state index contributed by atoms with van der Waals surface area (Å²) in [5.74, 6) is 0.469. The first-order chi connectivity index (χ1) is 9.83. The fourth-order valence-corrected chi connectivity index (χ4v) is 3.20. The lowest BCUT2D eigenvalue weighted by molar-refractivity contribution is 0.281. The van der Waals surface area contributed by atoms with Crippen molar-refractivity contribution >= 4 is 10.0 Å². The van der Waals surface area contributed by atoms with Crippen LogP contribution in [0.4, 0.5) is 4.39 Å². The van der Waals surface area contributed by atoms with Crippen molar-refractivity contribution < 1.29 is 22.3 Å². The van der Waals surface area contributed by atoms with Crippen LogP contribution in [0.1, 0.15) is 22.6 Å². The first-order valence-corrected chi connectivity index (χ1v) is 7.76. The van der Waals surface area contributed by atoms with E-state index in [2.05, 4.69) is 4.72 Å². The van der Waals surface area contributed by atoms with E-state index >= 15 is 0 Å². The van der Waals surface area contributed by atoms with Gasteiger partial charge in [-0.1, -0.05) is 0 Å². The summed E-state index contributed by atoms with van der Waals surface area (Å²) < 4.78 is 45.8. The summed E-state index contributed by atoms with van der Waals surface area (Å²) in [6.45, 7) is 2.67. The van der Waals surface area contributed by atoms with Crippen molar-refractivity contribution in [3.05, 3.63) is 52.7 Å². The van der Waals surface area contributed by atoms with Gasteiger partial charge in [0.15, 0.2) is 0 Å². The third-order valence-corrected chi connectivity index (χ3v) is 4.59. The van der Waals surface area contributed by atoms with Gasteiger partial charge in [0.25, 0.3) is 0 Å². The van der Waals surface area contributed by atoms with Crippen LogP contribution in [0.15, 0.2) is 33.6 Å². The van der Waals surface area contributed by atoms with E-state index in [4.69, 9.17) is 9.52 Å². The van der Waals surface area contributed by atoms with Crippen LogP contribution in [0.5, 0.6) is 0 Å². The Hall–Kier alpha value is -1.70. The van der Waals surface area contributed by atoms with Gasteiger partial charge in [-0.05, 0) is 43.7 Å². The van der Waals surface area contributed by atoms with Crippen molar-refractivity contribution in [1.29, 1.82) is 0 Å². The van der Waals surface area contributed by atoms with Gasteiger partial charge in [-0.25, -0.2) is 17.5 Å². The molecule has 2 aromatic rings. The Morgan fingerprint density at radius 1 is 1.29 bits per heavy atom.